The van der Waals surface area contributed by atoms with Crippen LogP contribution in [0.15, 0.2) is 39.6 Å². The Hall–Kier alpha value is -1.97. The minimum absolute atomic E-state index is 0.112. The van der Waals surface area contributed by atoms with E-state index >= 15 is 0 Å². The van der Waals surface area contributed by atoms with Gasteiger partial charge in [0, 0.05) is 13.0 Å². The molecule has 2 aromatic heterocycles. The van der Waals surface area contributed by atoms with Crippen molar-refractivity contribution in [2.75, 3.05) is 6.54 Å². The van der Waals surface area contributed by atoms with Crippen molar-refractivity contribution in [2.24, 2.45) is 0 Å². The number of likely N-dealkylation sites (tertiary alicyclic amines) is 1. The SMILES string of the molecule is Cc1ccc(C2CCCN2C(=O)CCc2ccoc2)o1. The van der Waals surface area contributed by atoms with Gasteiger partial charge in [-0.05, 0) is 49.9 Å². The predicted octanol–water partition coefficient (Wildman–Crippen LogP) is 3.48. The van der Waals surface area contributed by atoms with E-state index in [0.29, 0.717) is 6.42 Å². The summed E-state index contributed by atoms with van der Waals surface area (Å²) in [6.07, 6.45) is 6.63. The molecule has 20 heavy (non-hydrogen) atoms. The van der Waals surface area contributed by atoms with Crippen LogP contribution in [0.2, 0.25) is 0 Å². The van der Waals surface area contributed by atoms with Crippen LogP contribution in [0.4, 0.5) is 0 Å². The number of aryl methyl sites for hydroxylation is 2. The standard InChI is InChI=1S/C16H19NO3/c1-12-4-6-15(20-12)14-3-2-9-17(14)16(18)7-5-13-8-10-19-11-13/h4,6,8,10-11,14H,2-3,5,7,9H2,1H3. The van der Waals surface area contributed by atoms with Crippen molar-refractivity contribution < 1.29 is 13.6 Å². The van der Waals surface area contributed by atoms with Crippen LogP contribution in [0.25, 0.3) is 0 Å². The van der Waals surface area contributed by atoms with Crippen LogP contribution in [0.3, 0.4) is 0 Å². The second-order valence-corrected chi connectivity index (χ2v) is 5.33. The first-order chi connectivity index (χ1) is 9.74. The first-order valence-electron chi connectivity index (χ1n) is 7.11. The van der Waals surface area contributed by atoms with E-state index < -0.39 is 0 Å². The van der Waals surface area contributed by atoms with Crippen molar-refractivity contribution in [3.63, 3.8) is 0 Å². The van der Waals surface area contributed by atoms with E-state index in [1.165, 1.54) is 0 Å². The number of carbonyl (C=O) groups is 1. The highest BCUT2D eigenvalue weighted by Crippen LogP contribution is 2.33. The molecule has 0 aromatic carbocycles. The number of hydrogen-bond acceptors (Lipinski definition) is 3. The van der Waals surface area contributed by atoms with Gasteiger partial charge in [-0.1, -0.05) is 0 Å². The first kappa shape index (κ1) is 13.0. The van der Waals surface area contributed by atoms with Crippen molar-refractivity contribution in [1.82, 2.24) is 4.90 Å². The first-order valence-corrected chi connectivity index (χ1v) is 7.11. The lowest BCUT2D eigenvalue weighted by atomic mass is 10.1. The van der Waals surface area contributed by atoms with Gasteiger partial charge in [-0.25, -0.2) is 0 Å². The van der Waals surface area contributed by atoms with Gasteiger partial charge in [0.15, 0.2) is 0 Å². The molecule has 0 spiro atoms. The topological polar surface area (TPSA) is 46.6 Å². The molecule has 2 aromatic rings. The summed E-state index contributed by atoms with van der Waals surface area (Å²) in [6, 6.07) is 5.97. The Bertz CT molecular complexity index is 570. The minimum Gasteiger partial charge on any atom is -0.472 e. The maximum atomic E-state index is 12.4. The Kier molecular flexibility index (Phi) is 3.63. The number of carbonyl (C=O) groups excluding carboxylic acids is 1. The molecule has 3 heterocycles. The highest BCUT2D eigenvalue weighted by Gasteiger charge is 2.31. The summed E-state index contributed by atoms with van der Waals surface area (Å²) >= 11 is 0. The fraction of sp³-hybridized carbons (Fsp3) is 0.438. The summed E-state index contributed by atoms with van der Waals surface area (Å²) in [4.78, 5) is 14.3. The van der Waals surface area contributed by atoms with Gasteiger partial charge in [0.25, 0.3) is 0 Å². The van der Waals surface area contributed by atoms with E-state index in [9.17, 15) is 4.79 Å². The van der Waals surface area contributed by atoms with Crippen molar-refractivity contribution in [1.29, 1.82) is 0 Å². The molecule has 1 atom stereocenters. The maximum absolute atomic E-state index is 12.4. The normalized spacial score (nSPS) is 18.6. The zero-order chi connectivity index (χ0) is 13.9. The fourth-order valence-corrected chi connectivity index (χ4v) is 2.82. The van der Waals surface area contributed by atoms with Crippen LogP contribution in [-0.4, -0.2) is 17.4 Å². The molecule has 0 N–H and O–H groups in total. The Balaban J connectivity index is 1.64. The molecule has 4 heteroatoms. The molecule has 0 bridgehead atoms. The molecule has 1 unspecified atom stereocenters. The number of nitrogens with zero attached hydrogens (tertiary/aromatic N) is 1. The lowest BCUT2D eigenvalue weighted by Crippen LogP contribution is -2.30. The Morgan fingerprint density at radius 1 is 1.40 bits per heavy atom. The second-order valence-electron chi connectivity index (χ2n) is 5.33. The quantitative estimate of drug-likeness (QED) is 0.856. The molecule has 0 aliphatic carbocycles. The number of rotatable bonds is 4. The van der Waals surface area contributed by atoms with Gasteiger partial charge >= 0.3 is 0 Å². The number of hydrogen-bond donors (Lipinski definition) is 0. The molecule has 1 aliphatic heterocycles. The lowest BCUT2D eigenvalue weighted by molar-refractivity contribution is -0.132. The highest BCUT2D eigenvalue weighted by atomic mass is 16.3. The molecule has 0 radical (unpaired) electrons. The molecular weight excluding hydrogens is 254 g/mol. The van der Waals surface area contributed by atoms with Gasteiger partial charge in [-0.3, -0.25) is 4.79 Å². The van der Waals surface area contributed by atoms with Crippen molar-refractivity contribution in [2.45, 2.75) is 38.6 Å². The molecule has 1 aliphatic rings. The molecule has 1 fully saturated rings. The van der Waals surface area contributed by atoms with Crippen LogP contribution in [0, 0.1) is 6.92 Å². The van der Waals surface area contributed by atoms with Crippen LogP contribution >= 0.6 is 0 Å². The van der Waals surface area contributed by atoms with Gasteiger partial charge in [-0.15, -0.1) is 0 Å². The molecule has 1 saturated heterocycles. The largest absolute Gasteiger partial charge is 0.472 e. The van der Waals surface area contributed by atoms with Gasteiger partial charge in [0.05, 0.1) is 18.6 Å². The third-order valence-corrected chi connectivity index (χ3v) is 3.87. The summed E-state index contributed by atoms with van der Waals surface area (Å²) in [5, 5.41) is 0. The summed E-state index contributed by atoms with van der Waals surface area (Å²) in [5.41, 5.74) is 1.07. The zero-order valence-corrected chi connectivity index (χ0v) is 11.7. The van der Waals surface area contributed by atoms with E-state index in [0.717, 1.165) is 42.9 Å². The molecule has 106 valence electrons. The lowest BCUT2D eigenvalue weighted by Gasteiger charge is -2.23. The van der Waals surface area contributed by atoms with E-state index in [2.05, 4.69) is 0 Å². The third-order valence-electron chi connectivity index (χ3n) is 3.87. The average molecular weight is 273 g/mol. The van der Waals surface area contributed by atoms with Crippen LogP contribution in [0.1, 0.15) is 42.4 Å². The molecule has 1 amide bonds. The van der Waals surface area contributed by atoms with Gasteiger partial charge in [0.2, 0.25) is 5.91 Å². The third kappa shape index (κ3) is 2.64. The van der Waals surface area contributed by atoms with E-state index in [1.807, 2.05) is 30.0 Å². The Morgan fingerprint density at radius 3 is 3.00 bits per heavy atom. The fourth-order valence-electron chi connectivity index (χ4n) is 2.82. The predicted molar refractivity (Wildman–Crippen MR) is 74.2 cm³/mol. The smallest absolute Gasteiger partial charge is 0.223 e. The zero-order valence-electron chi connectivity index (χ0n) is 11.7. The van der Waals surface area contributed by atoms with Crippen molar-refractivity contribution >= 4 is 5.91 Å². The van der Waals surface area contributed by atoms with E-state index in [4.69, 9.17) is 8.83 Å². The summed E-state index contributed by atoms with van der Waals surface area (Å²) < 4.78 is 10.7. The van der Waals surface area contributed by atoms with E-state index in [1.54, 1.807) is 12.5 Å². The van der Waals surface area contributed by atoms with Gasteiger partial charge < -0.3 is 13.7 Å². The van der Waals surface area contributed by atoms with Crippen LogP contribution < -0.4 is 0 Å². The number of amides is 1. The molecule has 0 saturated carbocycles. The molecule has 3 rings (SSSR count). The summed E-state index contributed by atoms with van der Waals surface area (Å²) in [5.74, 6) is 2.01. The monoisotopic (exact) mass is 273 g/mol. The minimum atomic E-state index is 0.112. The Labute approximate surface area is 118 Å². The maximum Gasteiger partial charge on any atom is 0.223 e. The van der Waals surface area contributed by atoms with Crippen LogP contribution in [-0.2, 0) is 11.2 Å². The molecular formula is C16H19NO3. The number of furan rings is 2. The van der Waals surface area contributed by atoms with Crippen LogP contribution in [0.5, 0.6) is 0 Å². The van der Waals surface area contributed by atoms with Crippen molar-refractivity contribution in [3.05, 3.63) is 47.8 Å². The highest BCUT2D eigenvalue weighted by molar-refractivity contribution is 5.77. The van der Waals surface area contributed by atoms with Gasteiger partial charge in [-0.2, -0.15) is 0 Å². The van der Waals surface area contributed by atoms with E-state index in [-0.39, 0.29) is 11.9 Å². The molecule has 4 nitrogen and oxygen atoms in total. The average Bonchev–Trinajstić information content (AvgIpc) is 3.16. The summed E-state index contributed by atoms with van der Waals surface area (Å²) in [7, 11) is 0. The van der Waals surface area contributed by atoms with Gasteiger partial charge in [0.1, 0.15) is 11.5 Å². The van der Waals surface area contributed by atoms with Crippen molar-refractivity contribution in [3.8, 4) is 0 Å². The Morgan fingerprint density at radius 2 is 2.30 bits per heavy atom. The summed E-state index contributed by atoms with van der Waals surface area (Å²) in [6.45, 7) is 2.76. The second kappa shape index (κ2) is 5.57.